The van der Waals surface area contributed by atoms with E-state index in [1.165, 1.54) is 17.3 Å². The van der Waals surface area contributed by atoms with Gasteiger partial charge in [-0.25, -0.2) is 4.79 Å². The van der Waals surface area contributed by atoms with E-state index in [2.05, 4.69) is 41.7 Å². The first-order valence-electron chi connectivity index (χ1n) is 11.4. The molecule has 34 heavy (non-hydrogen) atoms. The Morgan fingerprint density at radius 3 is 2.53 bits per heavy atom. The second kappa shape index (κ2) is 11.1. The van der Waals surface area contributed by atoms with Crippen LogP contribution in [0.4, 0.5) is 0 Å². The Morgan fingerprint density at radius 1 is 1.38 bits per heavy atom. The van der Waals surface area contributed by atoms with Gasteiger partial charge < -0.3 is 19.4 Å². The first kappa shape index (κ1) is 28.9. The van der Waals surface area contributed by atoms with E-state index in [9.17, 15) is 24.6 Å². The van der Waals surface area contributed by atoms with E-state index >= 15 is 0 Å². The van der Waals surface area contributed by atoms with Crippen molar-refractivity contribution in [3.8, 4) is 0 Å². The molecule has 9 nitrogen and oxygen atoms in total. The number of nitrogens with one attached hydrogen (secondary N) is 1. The highest BCUT2D eigenvalue weighted by atomic mass is 79.9. The number of aromatic amines is 1. The van der Waals surface area contributed by atoms with Gasteiger partial charge >= 0.3 is 5.69 Å². The number of Topliss-reactive ketones (excluding diaryl/α,β-unsaturated/α-hetero) is 1. The average Bonchev–Trinajstić information content (AvgIpc) is 3.08. The zero-order valence-corrected chi connectivity index (χ0v) is 23.5. The number of hydrogen-bond donors (Lipinski definition) is 3. The number of aromatic nitrogens is 2. The van der Waals surface area contributed by atoms with Crippen molar-refractivity contribution in [3.63, 3.8) is 0 Å². The van der Waals surface area contributed by atoms with Crippen molar-refractivity contribution in [1.82, 2.24) is 9.55 Å². The third-order valence-electron chi connectivity index (χ3n) is 6.53. The molecule has 0 spiro atoms. The van der Waals surface area contributed by atoms with Gasteiger partial charge in [0.15, 0.2) is 14.1 Å². The van der Waals surface area contributed by atoms with Gasteiger partial charge in [-0.15, -0.1) is 0 Å². The van der Waals surface area contributed by atoms with E-state index in [-0.39, 0.29) is 22.9 Å². The van der Waals surface area contributed by atoms with Crippen LogP contribution in [0.2, 0.25) is 18.1 Å². The lowest BCUT2D eigenvalue weighted by molar-refractivity contribution is -0.149. The summed E-state index contributed by atoms with van der Waals surface area (Å²) in [5.41, 5.74) is -1.08. The predicted molar refractivity (Wildman–Crippen MR) is 136 cm³/mol. The van der Waals surface area contributed by atoms with Crippen molar-refractivity contribution in [2.24, 2.45) is 5.92 Å². The molecule has 1 aromatic rings. The summed E-state index contributed by atoms with van der Waals surface area (Å²) in [6, 6.07) is 0. The number of ether oxygens (including phenoxy) is 1. The fourth-order valence-electron chi connectivity index (χ4n) is 3.57. The Balaban J connectivity index is 2.28. The topological polar surface area (TPSA) is 131 Å². The van der Waals surface area contributed by atoms with Gasteiger partial charge in [0.1, 0.15) is 24.5 Å². The summed E-state index contributed by atoms with van der Waals surface area (Å²) in [6.45, 7) is 14.2. The number of nitrogens with zero attached hydrogens (tertiary/aromatic N) is 1. The maximum atomic E-state index is 13.3. The number of rotatable bonds is 9. The summed E-state index contributed by atoms with van der Waals surface area (Å²) in [7, 11) is -2.32. The largest absolute Gasteiger partial charge is 0.407 e. The quantitative estimate of drug-likeness (QED) is 0.395. The molecule has 1 saturated heterocycles. The SMILES string of the molecule is CC(C)C[C@H](O[Si](C)(C)C(C)(C)C)C(=O)C(O)[C@H]1O[C@@H](n2cc(/C=C/Br)c(=O)[nH]c2=O)C[C@@H]1O. The van der Waals surface area contributed by atoms with E-state index in [1.54, 1.807) is 0 Å². The number of carbonyl (C=O) groups excluding carboxylic acids is 1. The standard InChI is InChI=1S/C23H37BrN2O7Si/c1-13(2)10-16(33-34(6,7)23(3,4)5)18(28)19(29)20-15(27)11-17(32-20)26-12-14(8-9-24)21(30)25-22(26)31/h8-9,12-13,15-17,19-20,27,29H,10-11H2,1-7H3,(H,25,30,31)/b9-8+/t15-,16-,17+,19?,20-/m0/s1. The minimum absolute atomic E-state index is 0.0314. The number of aliphatic hydroxyl groups is 2. The van der Waals surface area contributed by atoms with E-state index in [1.807, 2.05) is 26.9 Å². The zero-order valence-electron chi connectivity index (χ0n) is 20.9. The molecule has 11 heteroatoms. The van der Waals surface area contributed by atoms with Gasteiger partial charge in [0.2, 0.25) is 0 Å². The highest BCUT2D eigenvalue weighted by molar-refractivity contribution is 9.11. The van der Waals surface area contributed by atoms with Gasteiger partial charge in [0.25, 0.3) is 5.56 Å². The second-order valence-electron chi connectivity index (χ2n) is 10.7. The second-order valence-corrected chi connectivity index (χ2v) is 16.0. The summed E-state index contributed by atoms with van der Waals surface area (Å²) in [4.78, 5) is 41.3. The predicted octanol–water partition coefficient (Wildman–Crippen LogP) is 2.92. The van der Waals surface area contributed by atoms with Crippen LogP contribution in [-0.4, -0.2) is 58.3 Å². The van der Waals surface area contributed by atoms with Crippen molar-refractivity contribution >= 4 is 36.1 Å². The van der Waals surface area contributed by atoms with Crippen LogP contribution in [0.25, 0.3) is 6.08 Å². The van der Waals surface area contributed by atoms with Crippen LogP contribution in [0.3, 0.4) is 0 Å². The van der Waals surface area contributed by atoms with Gasteiger partial charge in [-0.05, 0) is 41.5 Å². The van der Waals surface area contributed by atoms with Crippen molar-refractivity contribution in [1.29, 1.82) is 0 Å². The Labute approximate surface area is 209 Å². The third-order valence-corrected chi connectivity index (χ3v) is 11.3. The molecule has 1 unspecified atom stereocenters. The van der Waals surface area contributed by atoms with Gasteiger partial charge in [0, 0.05) is 12.6 Å². The first-order chi connectivity index (χ1) is 15.6. The minimum atomic E-state index is -2.32. The highest BCUT2D eigenvalue weighted by Crippen LogP contribution is 2.38. The van der Waals surface area contributed by atoms with Crippen molar-refractivity contribution in [2.45, 2.75) is 96.2 Å². The number of H-pyrrole nitrogens is 1. The molecular formula is C23H37BrN2O7Si. The molecule has 0 radical (unpaired) electrons. The Hall–Kier alpha value is -1.37. The number of hydrogen-bond acceptors (Lipinski definition) is 7. The van der Waals surface area contributed by atoms with Crippen molar-refractivity contribution in [2.75, 3.05) is 0 Å². The van der Waals surface area contributed by atoms with Crippen molar-refractivity contribution < 1.29 is 24.2 Å². The van der Waals surface area contributed by atoms with Crippen LogP contribution in [0.1, 0.15) is 59.3 Å². The van der Waals surface area contributed by atoms with Crippen LogP contribution in [0.15, 0.2) is 20.8 Å². The zero-order chi connectivity index (χ0) is 26.0. The lowest BCUT2D eigenvalue weighted by Crippen LogP contribution is -2.51. The fourth-order valence-corrected chi connectivity index (χ4v) is 5.13. The molecule has 1 aromatic heterocycles. The van der Waals surface area contributed by atoms with Crippen LogP contribution in [-0.2, 0) is 14.0 Å². The molecule has 2 heterocycles. The van der Waals surface area contributed by atoms with E-state index in [0.717, 1.165) is 4.57 Å². The number of halogens is 1. The van der Waals surface area contributed by atoms with Gasteiger partial charge in [0.05, 0.1) is 11.7 Å². The Morgan fingerprint density at radius 2 is 2.00 bits per heavy atom. The van der Waals surface area contributed by atoms with Crippen LogP contribution in [0.5, 0.6) is 0 Å². The number of ketones is 1. The summed E-state index contributed by atoms with van der Waals surface area (Å²) < 4.78 is 13.3. The summed E-state index contributed by atoms with van der Waals surface area (Å²) in [5, 5.41) is 21.4. The molecule has 0 aliphatic carbocycles. The average molecular weight is 562 g/mol. The highest BCUT2D eigenvalue weighted by Gasteiger charge is 2.47. The third kappa shape index (κ3) is 6.64. The van der Waals surface area contributed by atoms with Crippen LogP contribution < -0.4 is 11.2 Å². The van der Waals surface area contributed by atoms with E-state index in [0.29, 0.717) is 6.42 Å². The van der Waals surface area contributed by atoms with Gasteiger partial charge in [-0.3, -0.25) is 19.1 Å². The molecule has 1 aliphatic heterocycles. The van der Waals surface area contributed by atoms with Crippen LogP contribution >= 0.6 is 15.9 Å². The molecule has 1 fully saturated rings. The summed E-state index contributed by atoms with van der Waals surface area (Å²) in [6.07, 6.45) is -2.67. The Bertz CT molecular complexity index is 1010. The smallest absolute Gasteiger partial charge is 0.330 e. The Kier molecular flexibility index (Phi) is 9.45. The molecular weight excluding hydrogens is 524 g/mol. The van der Waals surface area contributed by atoms with Gasteiger partial charge in [-0.2, -0.15) is 0 Å². The number of carbonyl (C=O) groups is 1. The summed E-state index contributed by atoms with van der Waals surface area (Å²) >= 11 is 3.09. The molecule has 3 N–H and O–H groups in total. The van der Waals surface area contributed by atoms with Crippen molar-refractivity contribution in [3.05, 3.63) is 37.6 Å². The molecule has 192 valence electrons. The molecule has 0 aromatic carbocycles. The fraction of sp³-hybridized carbons (Fsp3) is 0.696. The minimum Gasteiger partial charge on any atom is -0.407 e. The molecule has 5 atom stereocenters. The summed E-state index contributed by atoms with van der Waals surface area (Å²) in [5.74, 6) is -0.395. The lowest BCUT2D eigenvalue weighted by Gasteiger charge is -2.40. The molecule has 0 bridgehead atoms. The molecule has 0 amide bonds. The monoisotopic (exact) mass is 560 g/mol. The molecule has 0 saturated carbocycles. The van der Waals surface area contributed by atoms with E-state index < -0.39 is 56.0 Å². The maximum absolute atomic E-state index is 13.3. The van der Waals surface area contributed by atoms with Crippen LogP contribution in [0, 0.1) is 5.92 Å². The first-order valence-corrected chi connectivity index (χ1v) is 15.3. The maximum Gasteiger partial charge on any atom is 0.330 e. The van der Waals surface area contributed by atoms with E-state index in [4.69, 9.17) is 9.16 Å². The molecule has 1 aliphatic rings. The molecule has 2 rings (SSSR count). The lowest BCUT2D eigenvalue weighted by atomic mass is 9.96. The number of aliphatic hydroxyl groups excluding tert-OH is 2. The normalized spacial score (nSPS) is 23.6. The van der Waals surface area contributed by atoms with Gasteiger partial charge in [-0.1, -0.05) is 50.5 Å².